The maximum absolute atomic E-state index is 5.51. The molecule has 2 aromatic rings. The molecule has 6 nitrogen and oxygen atoms in total. The number of hydrazine groups is 1. The van der Waals surface area contributed by atoms with Crippen LogP contribution in [0.1, 0.15) is 11.3 Å². The van der Waals surface area contributed by atoms with Gasteiger partial charge in [0.15, 0.2) is 5.82 Å². The Balaban J connectivity index is 2.12. The average molecular weight is 243 g/mol. The molecule has 18 heavy (non-hydrogen) atoms. The summed E-state index contributed by atoms with van der Waals surface area (Å²) in [6, 6.07) is 3.78. The van der Waals surface area contributed by atoms with Gasteiger partial charge in [-0.25, -0.2) is 15.8 Å². The van der Waals surface area contributed by atoms with Crippen molar-refractivity contribution in [2.75, 3.05) is 12.0 Å². The Bertz CT molecular complexity index is 541. The fraction of sp³-hybridized carbons (Fsp3) is 0.250. The Kier molecular flexibility index (Phi) is 2.87. The zero-order valence-corrected chi connectivity index (χ0v) is 9.76. The number of hydrogen-bond acceptors (Lipinski definition) is 6. The summed E-state index contributed by atoms with van der Waals surface area (Å²) in [4.78, 5) is 13.0. The zero-order valence-electron chi connectivity index (χ0n) is 9.76. The molecular weight excluding hydrogens is 230 g/mol. The number of anilines is 1. The second-order valence-corrected chi connectivity index (χ2v) is 4.01. The Labute approximate surface area is 104 Å². The zero-order chi connectivity index (χ0) is 12.4. The highest BCUT2D eigenvalue weighted by Gasteiger charge is 2.18. The highest BCUT2D eigenvalue weighted by Crippen LogP contribution is 2.25. The van der Waals surface area contributed by atoms with E-state index < -0.39 is 0 Å². The SMILES string of the molecule is NNc1nc(-c2cccnc2)nc2c1COCC2. The van der Waals surface area contributed by atoms with E-state index in [0.29, 0.717) is 24.9 Å². The molecule has 0 unspecified atom stereocenters. The van der Waals surface area contributed by atoms with Crippen molar-refractivity contribution < 1.29 is 4.74 Å². The summed E-state index contributed by atoms with van der Waals surface area (Å²) in [5.74, 6) is 6.77. The van der Waals surface area contributed by atoms with Gasteiger partial charge in [-0.15, -0.1) is 0 Å². The van der Waals surface area contributed by atoms with Crippen LogP contribution >= 0.6 is 0 Å². The van der Waals surface area contributed by atoms with Crippen molar-refractivity contribution in [1.29, 1.82) is 0 Å². The number of aromatic nitrogens is 3. The lowest BCUT2D eigenvalue weighted by atomic mass is 10.1. The van der Waals surface area contributed by atoms with E-state index in [1.54, 1.807) is 12.4 Å². The van der Waals surface area contributed by atoms with Gasteiger partial charge in [0.2, 0.25) is 0 Å². The molecule has 0 aromatic carbocycles. The van der Waals surface area contributed by atoms with Crippen molar-refractivity contribution in [3.63, 3.8) is 0 Å². The van der Waals surface area contributed by atoms with E-state index in [2.05, 4.69) is 20.4 Å². The van der Waals surface area contributed by atoms with Gasteiger partial charge in [0.05, 0.1) is 18.9 Å². The summed E-state index contributed by atoms with van der Waals surface area (Å²) in [7, 11) is 0. The number of ether oxygens (including phenoxy) is 1. The van der Waals surface area contributed by atoms with Crippen LogP contribution in [0.15, 0.2) is 24.5 Å². The topological polar surface area (TPSA) is 86.0 Å². The van der Waals surface area contributed by atoms with Crippen LogP contribution in [0.3, 0.4) is 0 Å². The smallest absolute Gasteiger partial charge is 0.163 e. The minimum atomic E-state index is 0.502. The standard InChI is InChI=1S/C12H13N5O/c13-17-12-9-7-18-5-3-10(9)15-11(16-12)8-2-1-4-14-6-8/h1-2,4,6H,3,5,7,13H2,(H,15,16,17). The quantitative estimate of drug-likeness (QED) is 0.602. The maximum Gasteiger partial charge on any atom is 0.163 e. The Morgan fingerprint density at radius 1 is 1.33 bits per heavy atom. The van der Waals surface area contributed by atoms with Crippen molar-refractivity contribution in [2.24, 2.45) is 5.84 Å². The number of rotatable bonds is 2. The highest BCUT2D eigenvalue weighted by molar-refractivity contribution is 5.58. The van der Waals surface area contributed by atoms with E-state index in [9.17, 15) is 0 Å². The molecule has 0 radical (unpaired) electrons. The summed E-state index contributed by atoms with van der Waals surface area (Å²) in [5.41, 5.74) is 5.42. The fourth-order valence-electron chi connectivity index (χ4n) is 1.98. The maximum atomic E-state index is 5.51. The average Bonchev–Trinajstić information content (AvgIpc) is 2.47. The number of nitrogens with one attached hydrogen (secondary N) is 1. The number of pyridine rings is 1. The van der Waals surface area contributed by atoms with Crippen LogP contribution in [0.4, 0.5) is 5.82 Å². The first-order valence-corrected chi connectivity index (χ1v) is 5.73. The van der Waals surface area contributed by atoms with Gasteiger partial charge in [-0.2, -0.15) is 0 Å². The van der Waals surface area contributed by atoms with E-state index in [1.165, 1.54) is 0 Å². The monoisotopic (exact) mass is 243 g/mol. The van der Waals surface area contributed by atoms with Gasteiger partial charge in [-0.3, -0.25) is 4.98 Å². The first-order valence-electron chi connectivity index (χ1n) is 5.73. The van der Waals surface area contributed by atoms with Crippen LogP contribution in [0.25, 0.3) is 11.4 Å². The molecule has 92 valence electrons. The van der Waals surface area contributed by atoms with E-state index in [1.807, 2.05) is 12.1 Å². The minimum Gasteiger partial charge on any atom is -0.376 e. The van der Waals surface area contributed by atoms with Gasteiger partial charge in [0, 0.05) is 29.9 Å². The van der Waals surface area contributed by atoms with Crippen molar-refractivity contribution in [2.45, 2.75) is 13.0 Å². The van der Waals surface area contributed by atoms with Gasteiger partial charge in [-0.05, 0) is 12.1 Å². The summed E-state index contributed by atoms with van der Waals surface area (Å²) >= 11 is 0. The number of hydrogen-bond donors (Lipinski definition) is 2. The first-order chi connectivity index (χ1) is 8.88. The number of nitrogen functional groups attached to an aromatic ring is 1. The molecule has 0 aliphatic carbocycles. The van der Waals surface area contributed by atoms with E-state index >= 15 is 0 Å². The lowest BCUT2D eigenvalue weighted by Gasteiger charge is -2.19. The van der Waals surface area contributed by atoms with Gasteiger partial charge < -0.3 is 10.2 Å². The van der Waals surface area contributed by atoms with Gasteiger partial charge in [0.25, 0.3) is 0 Å². The number of nitrogens with zero attached hydrogens (tertiary/aromatic N) is 3. The van der Waals surface area contributed by atoms with Crippen LogP contribution < -0.4 is 11.3 Å². The van der Waals surface area contributed by atoms with Crippen molar-refractivity contribution in [3.8, 4) is 11.4 Å². The molecular formula is C12H13N5O. The lowest BCUT2D eigenvalue weighted by molar-refractivity contribution is 0.109. The van der Waals surface area contributed by atoms with E-state index in [0.717, 1.165) is 23.2 Å². The second kappa shape index (κ2) is 4.67. The molecule has 0 amide bonds. The van der Waals surface area contributed by atoms with Crippen molar-refractivity contribution in [1.82, 2.24) is 15.0 Å². The van der Waals surface area contributed by atoms with Crippen molar-refractivity contribution >= 4 is 5.82 Å². The molecule has 6 heteroatoms. The normalized spacial score (nSPS) is 14.1. The third kappa shape index (κ3) is 1.92. The van der Waals surface area contributed by atoms with Gasteiger partial charge in [0.1, 0.15) is 5.82 Å². The summed E-state index contributed by atoms with van der Waals surface area (Å²) in [6.45, 7) is 1.18. The minimum absolute atomic E-state index is 0.502. The Hall–Kier alpha value is -2.05. The molecule has 0 saturated carbocycles. The molecule has 0 spiro atoms. The molecule has 0 bridgehead atoms. The second-order valence-electron chi connectivity index (χ2n) is 4.01. The van der Waals surface area contributed by atoms with Crippen LogP contribution in [0.2, 0.25) is 0 Å². The van der Waals surface area contributed by atoms with Gasteiger partial charge in [-0.1, -0.05) is 0 Å². The van der Waals surface area contributed by atoms with Crippen molar-refractivity contribution in [3.05, 3.63) is 35.8 Å². The predicted octanol–water partition coefficient (Wildman–Crippen LogP) is 0.897. The molecule has 3 heterocycles. The molecule has 0 atom stereocenters. The van der Waals surface area contributed by atoms with Crippen LogP contribution in [-0.2, 0) is 17.8 Å². The first kappa shape index (κ1) is 11.1. The van der Waals surface area contributed by atoms with E-state index in [-0.39, 0.29) is 0 Å². The molecule has 0 saturated heterocycles. The number of nitrogens with two attached hydrogens (primary N) is 1. The van der Waals surface area contributed by atoms with Gasteiger partial charge >= 0.3 is 0 Å². The highest BCUT2D eigenvalue weighted by atomic mass is 16.5. The molecule has 1 aliphatic heterocycles. The third-order valence-electron chi connectivity index (χ3n) is 2.88. The molecule has 1 aliphatic rings. The lowest BCUT2D eigenvalue weighted by Crippen LogP contribution is -2.19. The summed E-state index contributed by atoms with van der Waals surface area (Å²) in [6.07, 6.45) is 4.24. The Morgan fingerprint density at radius 2 is 2.28 bits per heavy atom. The largest absolute Gasteiger partial charge is 0.376 e. The fourth-order valence-corrected chi connectivity index (χ4v) is 1.98. The van der Waals surface area contributed by atoms with Crippen LogP contribution in [0.5, 0.6) is 0 Å². The number of fused-ring (bicyclic) bond motifs is 1. The van der Waals surface area contributed by atoms with Crippen LogP contribution in [-0.4, -0.2) is 21.6 Å². The van der Waals surface area contributed by atoms with Crippen LogP contribution in [0, 0.1) is 0 Å². The third-order valence-corrected chi connectivity index (χ3v) is 2.88. The molecule has 0 fully saturated rings. The molecule has 2 aromatic heterocycles. The summed E-state index contributed by atoms with van der Waals surface area (Å²) < 4.78 is 5.40. The molecule has 3 N–H and O–H groups in total. The predicted molar refractivity (Wildman–Crippen MR) is 66.4 cm³/mol. The Morgan fingerprint density at radius 3 is 3.06 bits per heavy atom. The summed E-state index contributed by atoms with van der Waals surface area (Å²) in [5, 5.41) is 0. The molecule has 3 rings (SSSR count). The van der Waals surface area contributed by atoms with E-state index in [4.69, 9.17) is 10.6 Å².